The fraction of sp³-hybridized carbons (Fsp3) is 0.294. The summed E-state index contributed by atoms with van der Waals surface area (Å²) in [4.78, 5) is 15.5. The van der Waals surface area contributed by atoms with Gasteiger partial charge in [-0.15, -0.1) is 0 Å². The Morgan fingerprint density at radius 2 is 1.91 bits per heavy atom. The van der Waals surface area contributed by atoms with E-state index >= 15 is 0 Å². The molecule has 2 aromatic rings. The number of nitrogens with one attached hydrogen (secondary N) is 1. The molecule has 1 atom stereocenters. The zero-order valence-electron chi connectivity index (χ0n) is 12.8. The monoisotopic (exact) mass is 322 g/mol. The van der Waals surface area contributed by atoms with Crippen LogP contribution in [0.1, 0.15) is 18.1 Å². The zero-order chi connectivity index (χ0) is 17.0. The van der Waals surface area contributed by atoms with Crippen molar-refractivity contribution in [3.8, 4) is 11.3 Å². The molecule has 0 aliphatic heterocycles. The molecule has 122 valence electrons. The lowest BCUT2D eigenvalue weighted by molar-refractivity contribution is -0.137. The Balaban J connectivity index is 2.29. The lowest BCUT2D eigenvalue weighted by Crippen LogP contribution is -2.34. The minimum Gasteiger partial charge on any atom is -0.310 e. The van der Waals surface area contributed by atoms with Crippen molar-refractivity contribution >= 4 is 5.78 Å². The van der Waals surface area contributed by atoms with Gasteiger partial charge in [0.05, 0.1) is 17.3 Å². The van der Waals surface area contributed by atoms with Crippen molar-refractivity contribution in [3.05, 3.63) is 53.7 Å². The smallest absolute Gasteiger partial charge is 0.310 e. The zero-order valence-corrected chi connectivity index (χ0v) is 12.8. The van der Waals surface area contributed by atoms with Crippen LogP contribution in [0.4, 0.5) is 13.2 Å². The molecular formula is C17H17F3N2O. The van der Waals surface area contributed by atoms with E-state index in [1.807, 2.05) is 0 Å². The van der Waals surface area contributed by atoms with Gasteiger partial charge in [0.2, 0.25) is 0 Å². The summed E-state index contributed by atoms with van der Waals surface area (Å²) in [5.41, 5.74) is 0.374. The maximum Gasteiger partial charge on any atom is 0.417 e. The summed E-state index contributed by atoms with van der Waals surface area (Å²) < 4.78 is 39.1. The van der Waals surface area contributed by atoms with Crippen molar-refractivity contribution in [2.24, 2.45) is 0 Å². The molecule has 0 radical (unpaired) electrons. The maximum absolute atomic E-state index is 13.0. The summed E-state index contributed by atoms with van der Waals surface area (Å²) >= 11 is 0. The first-order valence-corrected chi connectivity index (χ1v) is 7.12. The molecule has 1 N–H and O–H groups in total. The molecule has 23 heavy (non-hydrogen) atoms. The van der Waals surface area contributed by atoms with Crippen LogP contribution in [0.15, 0.2) is 42.6 Å². The van der Waals surface area contributed by atoms with Crippen molar-refractivity contribution in [3.63, 3.8) is 0 Å². The second kappa shape index (κ2) is 6.91. The van der Waals surface area contributed by atoms with Crippen LogP contribution in [-0.2, 0) is 17.4 Å². The normalized spacial score (nSPS) is 12.9. The number of ketones is 1. The lowest BCUT2D eigenvalue weighted by atomic mass is 10.0. The van der Waals surface area contributed by atoms with Crippen LogP contribution in [0, 0.1) is 0 Å². The first kappa shape index (κ1) is 17.1. The number of pyridine rings is 1. The molecule has 0 aliphatic carbocycles. The molecule has 3 nitrogen and oxygen atoms in total. The molecule has 0 saturated heterocycles. The Hall–Kier alpha value is -2.21. The molecule has 0 saturated carbocycles. The largest absolute Gasteiger partial charge is 0.417 e. The van der Waals surface area contributed by atoms with Crippen molar-refractivity contribution in [2.45, 2.75) is 25.6 Å². The number of benzene rings is 1. The highest BCUT2D eigenvalue weighted by molar-refractivity contribution is 5.81. The molecular weight excluding hydrogens is 305 g/mol. The fourth-order valence-corrected chi connectivity index (χ4v) is 2.34. The van der Waals surface area contributed by atoms with Crippen molar-refractivity contribution < 1.29 is 18.0 Å². The Kier molecular flexibility index (Phi) is 5.15. The van der Waals surface area contributed by atoms with Crippen molar-refractivity contribution in [1.29, 1.82) is 0 Å². The molecule has 0 amide bonds. The van der Waals surface area contributed by atoms with Crippen LogP contribution in [0.5, 0.6) is 0 Å². The first-order chi connectivity index (χ1) is 10.8. The number of rotatable bonds is 5. The van der Waals surface area contributed by atoms with Gasteiger partial charge in [0.1, 0.15) is 5.78 Å². The molecule has 0 spiro atoms. The number of carbonyl (C=O) groups is 1. The summed E-state index contributed by atoms with van der Waals surface area (Å²) in [6.07, 6.45) is -2.47. The molecule has 2 rings (SSSR count). The van der Waals surface area contributed by atoms with Gasteiger partial charge in [0, 0.05) is 11.8 Å². The van der Waals surface area contributed by atoms with Gasteiger partial charge in [-0.3, -0.25) is 9.78 Å². The average molecular weight is 322 g/mol. The van der Waals surface area contributed by atoms with Crippen molar-refractivity contribution in [2.75, 3.05) is 7.05 Å². The van der Waals surface area contributed by atoms with E-state index in [4.69, 9.17) is 0 Å². The highest BCUT2D eigenvalue weighted by Gasteiger charge is 2.33. The Morgan fingerprint density at radius 1 is 1.22 bits per heavy atom. The van der Waals surface area contributed by atoms with Gasteiger partial charge in [-0.2, -0.15) is 13.2 Å². The van der Waals surface area contributed by atoms with Crippen LogP contribution in [0.25, 0.3) is 11.3 Å². The summed E-state index contributed by atoms with van der Waals surface area (Å²) in [6, 6.07) is 8.26. The van der Waals surface area contributed by atoms with Gasteiger partial charge < -0.3 is 5.32 Å². The number of likely N-dealkylation sites (N-methyl/N-ethyl adjacent to an activating group) is 1. The summed E-state index contributed by atoms with van der Waals surface area (Å²) in [7, 11) is 1.69. The number of Topliss-reactive ketones (excluding diaryl/α,β-unsaturated/α-hetero) is 1. The molecule has 0 fully saturated rings. The molecule has 1 heterocycles. The highest BCUT2D eigenvalue weighted by Crippen LogP contribution is 2.36. The van der Waals surface area contributed by atoms with E-state index in [1.54, 1.807) is 25.2 Å². The number of nitrogens with zero attached hydrogens (tertiary/aromatic N) is 1. The fourth-order valence-electron chi connectivity index (χ4n) is 2.34. The number of carbonyl (C=O) groups excluding carboxylic acids is 1. The van der Waals surface area contributed by atoms with E-state index in [9.17, 15) is 18.0 Å². The minimum absolute atomic E-state index is 0.000932. The number of hydrogen-bond donors (Lipinski definition) is 1. The van der Waals surface area contributed by atoms with Crippen LogP contribution in [-0.4, -0.2) is 23.9 Å². The lowest BCUT2D eigenvalue weighted by Gasteiger charge is -2.14. The maximum atomic E-state index is 13.0. The van der Waals surface area contributed by atoms with E-state index in [-0.39, 0.29) is 23.1 Å². The topological polar surface area (TPSA) is 42.0 Å². The van der Waals surface area contributed by atoms with Crippen LogP contribution in [0.3, 0.4) is 0 Å². The van der Waals surface area contributed by atoms with Crippen LogP contribution in [0.2, 0.25) is 0 Å². The summed E-state index contributed by atoms with van der Waals surface area (Å²) in [5.74, 6) is -0.000932. The molecule has 0 bridgehead atoms. The molecule has 6 heteroatoms. The number of halogens is 3. The van der Waals surface area contributed by atoms with Gasteiger partial charge >= 0.3 is 6.18 Å². The van der Waals surface area contributed by atoms with Gasteiger partial charge in [-0.1, -0.05) is 24.3 Å². The first-order valence-electron chi connectivity index (χ1n) is 7.12. The molecule has 1 aromatic heterocycles. The Labute approximate surface area is 132 Å². The standard InChI is InChI=1S/C17H17F3N2O/c1-11(23)16(21-2)9-12-7-8-15(22-10-12)13-5-3-4-6-14(13)17(18,19)20/h3-8,10,16,21H,9H2,1-2H3/t16-/m0/s1. The van der Waals surface area contributed by atoms with Crippen LogP contribution < -0.4 is 5.32 Å². The van der Waals surface area contributed by atoms with Gasteiger partial charge in [-0.25, -0.2) is 0 Å². The van der Waals surface area contributed by atoms with Crippen LogP contribution >= 0.6 is 0 Å². The number of hydrogen-bond acceptors (Lipinski definition) is 3. The second-order valence-corrected chi connectivity index (χ2v) is 5.25. The average Bonchev–Trinajstić information content (AvgIpc) is 2.52. The molecule has 1 aromatic carbocycles. The minimum atomic E-state index is -4.43. The van der Waals surface area contributed by atoms with Gasteiger partial charge in [0.25, 0.3) is 0 Å². The molecule has 0 unspecified atom stereocenters. The molecule has 0 aliphatic rings. The van der Waals surface area contributed by atoms with Gasteiger partial charge in [-0.05, 0) is 38.1 Å². The Bertz CT molecular complexity index is 681. The van der Waals surface area contributed by atoms with Gasteiger partial charge in [0.15, 0.2) is 0 Å². The van der Waals surface area contributed by atoms with E-state index in [1.165, 1.54) is 25.3 Å². The highest BCUT2D eigenvalue weighted by atomic mass is 19.4. The Morgan fingerprint density at radius 3 is 2.43 bits per heavy atom. The van der Waals surface area contributed by atoms with E-state index < -0.39 is 11.7 Å². The summed E-state index contributed by atoms with van der Waals surface area (Å²) in [5, 5.41) is 2.90. The van der Waals surface area contributed by atoms with E-state index in [0.29, 0.717) is 6.42 Å². The quantitative estimate of drug-likeness (QED) is 0.916. The predicted molar refractivity (Wildman–Crippen MR) is 81.9 cm³/mol. The summed E-state index contributed by atoms with van der Waals surface area (Å²) in [6.45, 7) is 1.49. The third-order valence-electron chi connectivity index (χ3n) is 3.61. The van der Waals surface area contributed by atoms with Crippen molar-refractivity contribution in [1.82, 2.24) is 10.3 Å². The second-order valence-electron chi connectivity index (χ2n) is 5.25. The number of alkyl halides is 3. The third-order valence-corrected chi connectivity index (χ3v) is 3.61. The third kappa shape index (κ3) is 4.16. The SMILES string of the molecule is CN[C@@H](Cc1ccc(-c2ccccc2C(F)(F)F)nc1)C(C)=O. The predicted octanol–water partition coefficient (Wildman–Crippen LogP) is 3.49. The van der Waals surface area contributed by atoms with E-state index in [0.717, 1.165) is 11.6 Å². The van der Waals surface area contributed by atoms with E-state index in [2.05, 4.69) is 10.3 Å². The number of aromatic nitrogens is 1.